The highest BCUT2D eigenvalue weighted by Crippen LogP contribution is 2.29. The number of carbonyl (C=O) groups excluding carboxylic acids is 2. The topological polar surface area (TPSA) is 115 Å². The molecule has 4 aromatic rings. The number of benzene rings is 2. The first-order valence-electron chi connectivity index (χ1n) is 12.8. The van der Waals surface area contributed by atoms with Crippen molar-refractivity contribution in [2.45, 2.75) is 45.4 Å². The van der Waals surface area contributed by atoms with Gasteiger partial charge in [0.15, 0.2) is 5.76 Å². The molecule has 202 valence electrons. The van der Waals surface area contributed by atoms with Crippen molar-refractivity contribution < 1.29 is 23.1 Å². The summed E-state index contributed by atoms with van der Waals surface area (Å²) in [4.78, 5) is 30.1. The molecule has 11 heteroatoms. The zero-order valence-electron chi connectivity index (χ0n) is 21.7. The molecule has 1 fully saturated rings. The van der Waals surface area contributed by atoms with Crippen LogP contribution < -0.4 is 10.2 Å². The Labute approximate surface area is 224 Å². The monoisotopic (exact) mass is 532 g/mol. The quantitative estimate of drug-likeness (QED) is 0.349. The Morgan fingerprint density at radius 2 is 1.87 bits per heavy atom. The van der Waals surface area contributed by atoms with Gasteiger partial charge in [0, 0.05) is 18.8 Å². The number of amides is 2. The van der Waals surface area contributed by atoms with E-state index in [-0.39, 0.29) is 18.5 Å². The normalized spacial score (nSPS) is 15.7. The minimum absolute atomic E-state index is 0.0886. The summed E-state index contributed by atoms with van der Waals surface area (Å²) in [6.45, 7) is 4.40. The van der Waals surface area contributed by atoms with Crippen molar-refractivity contribution in [3.63, 3.8) is 0 Å². The number of hydrogen-bond donors (Lipinski definition) is 1. The van der Waals surface area contributed by atoms with Gasteiger partial charge in [0.2, 0.25) is 11.7 Å². The van der Waals surface area contributed by atoms with Crippen molar-refractivity contribution in [2.75, 3.05) is 18.1 Å². The molecule has 3 heterocycles. The average molecular weight is 533 g/mol. The van der Waals surface area contributed by atoms with Gasteiger partial charge in [-0.1, -0.05) is 29.8 Å². The maximum absolute atomic E-state index is 13.9. The summed E-state index contributed by atoms with van der Waals surface area (Å²) in [5, 5.41) is 15.2. The molecule has 2 atom stereocenters. The number of nitrogens with zero attached hydrogens (tertiary/aromatic N) is 5. The summed E-state index contributed by atoms with van der Waals surface area (Å²) in [5.41, 5.74) is 1.94. The molecule has 39 heavy (non-hydrogen) atoms. The molecule has 0 radical (unpaired) electrons. The number of nitrogens with one attached hydrogen (secondary N) is 1. The number of halogens is 1. The standard InChI is InChI=1S/C28H29FN6O4/c1-18-5-12-22(13-6-18)35(25(36)17-34-32-27(31-33-34)24-14-7-19(2)39-24)26(20-8-10-21(29)11-9-20)28(37)30-16-23-4-3-15-38-23/h5-14,23,26H,3-4,15-17H2,1-2H3,(H,30,37). The van der Waals surface area contributed by atoms with E-state index >= 15 is 0 Å². The molecule has 1 aliphatic rings. The molecule has 10 nitrogen and oxygen atoms in total. The van der Waals surface area contributed by atoms with E-state index in [2.05, 4.69) is 20.7 Å². The zero-order valence-corrected chi connectivity index (χ0v) is 21.7. The Morgan fingerprint density at radius 3 is 2.54 bits per heavy atom. The smallest absolute Gasteiger partial charge is 0.251 e. The van der Waals surface area contributed by atoms with E-state index in [1.807, 2.05) is 19.1 Å². The van der Waals surface area contributed by atoms with Gasteiger partial charge in [0.05, 0.1) is 6.10 Å². The number of hydrogen-bond acceptors (Lipinski definition) is 7. The third kappa shape index (κ3) is 6.20. The second kappa shape index (κ2) is 11.6. The Morgan fingerprint density at radius 1 is 1.10 bits per heavy atom. The summed E-state index contributed by atoms with van der Waals surface area (Å²) in [6, 6.07) is 15.2. The first-order chi connectivity index (χ1) is 18.9. The minimum atomic E-state index is -1.09. The number of aryl methyl sites for hydroxylation is 2. The third-order valence-electron chi connectivity index (χ3n) is 6.49. The molecule has 0 bridgehead atoms. The van der Waals surface area contributed by atoms with Gasteiger partial charge >= 0.3 is 0 Å². The molecule has 5 rings (SSSR count). The molecular formula is C28H29FN6O4. The molecule has 2 aromatic carbocycles. The van der Waals surface area contributed by atoms with Crippen LogP contribution in [-0.2, 0) is 20.9 Å². The van der Waals surface area contributed by atoms with E-state index in [0.29, 0.717) is 35.9 Å². The third-order valence-corrected chi connectivity index (χ3v) is 6.49. The van der Waals surface area contributed by atoms with Crippen LogP contribution in [0.1, 0.15) is 35.8 Å². The van der Waals surface area contributed by atoms with E-state index in [1.165, 1.54) is 29.2 Å². The first kappa shape index (κ1) is 26.2. The minimum Gasteiger partial charge on any atom is -0.458 e. The van der Waals surface area contributed by atoms with E-state index in [9.17, 15) is 14.0 Å². The summed E-state index contributed by atoms with van der Waals surface area (Å²) in [7, 11) is 0. The van der Waals surface area contributed by atoms with Gasteiger partial charge in [-0.15, -0.1) is 10.2 Å². The van der Waals surface area contributed by atoms with Gasteiger partial charge < -0.3 is 14.5 Å². The summed E-state index contributed by atoms with van der Waals surface area (Å²) < 4.78 is 25.0. The van der Waals surface area contributed by atoms with Crippen LogP contribution in [0.4, 0.5) is 10.1 Å². The predicted molar refractivity (Wildman–Crippen MR) is 140 cm³/mol. The zero-order chi connectivity index (χ0) is 27.4. The van der Waals surface area contributed by atoms with Gasteiger partial charge in [-0.3, -0.25) is 14.5 Å². The highest BCUT2D eigenvalue weighted by molar-refractivity contribution is 6.01. The van der Waals surface area contributed by atoms with Crippen LogP contribution in [0.15, 0.2) is 65.1 Å². The van der Waals surface area contributed by atoms with Gasteiger partial charge in [-0.05, 0) is 73.9 Å². The van der Waals surface area contributed by atoms with Crippen LogP contribution in [-0.4, -0.2) is 51.3 Å². The number of tetrazole rings is 1. The second-order valence-electron chi connectivity index (χ2n) is 9.49. The lowest BCUT2D eigenvalue weighted by Gasteiger charge is -2.31. The average Bonchev–Trinajstić information content (AvgIpc) is 3.70. The molecule has 2 aromatic heterocycles. The Kier molecular flexibility index (Phi) is 7.78. The molecule has 1 saturated heterocycles. The lowest BCUT2D eigenvalue weighted by molar-refractivity contribution is -0.127. The lowest BCUT2D eigenvalue weighted by Crippen LogP contribution is -2.46. The number of carbonyl (C=O) groups is 2. The van der Waals surface area contributed by atoms with Crippen LogP contribution in [0.25, 0.3) is 11.6 Å². The first-order valence-corrected chi connectivity index (χ1v) is 12.8. The molecule has 2 unspecified atom stereocenters. The van der Waals surface area contributed by atoms with Crippen molar-refractivity contribution in [1.82, 2.24) is 25.5 Å². The summed E-state index contributed by atoms with van der Waals surface area (Å²) in [6.07, 6.45) is 1.69. The fraction of sp³-hybridized carbons (Fsp3) is 0.321. The van der Waals surface area contributed by atoms with Crippen LogP contribution >= 0.6 is 0 Å². The summed E-state index contributed by atoms with van der Waals surface area (Å²) in [5.74, 6) is 0.0444. The van der Waals surface area contributed by atoms with Crippen molar-refractivity contribution in [3.8, 4) is 11.6 Å². The Balaban J connectivity index is 1.47. The van der Waals surface area contributed by atoms with E-state index in [1.54, 1.807) is 31.2 Å². The van der Waals surface area contributed by atoms with Gasteiger partial charge in [0.25, 0.3) is 5.91 Å². The van der Waals surface area contributed by atoms with Gasteiger partial charge in [-0.2, -0.15) is 4.80 Å². The van der Waals surface area contributed by atoms with Gasteiger partial charge in [-0.25, -0.2) is 4.39 Å². The maximum Gasteiger partial charge on any atom is 0.251 e. The number of anilines is 1. The molecule has 0 aliphatic carbocycles. The number of ether oxygens (including phenoxy) is 1. The number of aromatic nitrogens is 4. The van der Waals surface area contributed by atoms with E-state index in [4.69, 9.17) is 9.15 Å². The molecular weight excluding hydrogens is 503 g/mol. The van der Waals surface area contributed by atoms with Crippen molar-refractivity contribution in [3.05, 3.63) is 83.4 Å². The van der Waals surface area contributed by atoms with Crippen LogP contribution in [0.5, 0.6) is 0 Å². The Bertz CT molecular complexity index is 1430. The molecule has 0 saturated carbocycles. The number of furan rings is 1. The van der Waals surface area contributed by atoms with Crippen LogP contribution in [0.3, 0.4) is 0 Å². The van der Waals surface area contributed by atoms with Crippen LogP contribution in [0.2, 0.25) is 0 Å². The highest BCUT2D eigenvalue weighted by Gasteiger charge is 2.34. The predicted octanol–water partition coefficient (Wildman–Crippen LogP) is 3.76. The number of rotatable bonds is 9. The maximum atomic E-state index is 13.9. The van der Waals surface area contributed by atoms with Crippen molar-refractivity contribution in [1.29, 1.82) is 0 Å². The molecule has 1 N–H and O–H groups in total. The highest BCUT2D eigenvalue weighted by atomic mass is 19.1. The van der Waals surface area contributed by atoms with Crippen molar-refractivity contribution in [2.24, 2.45) is 0 Å². The SMILES string of the molecule is Cc1ccc(N(C(=O)Cn2nnc(-c3ccc(C)o3)n2)C(C(=O)NCC2CCCO2)c2ccc(F)cc2)cc1. The van der Waals surface area contributed by atoms with Crippen LogP contribution in [0, 0.1) is 19.7 Å². The fourth-order valence-electron chi connectivity index (χ4n) is 4.48. The largest absolute Gasteiger partial charge is 0.458 e. The van der Waals surface area contributed by atoms with Crippen molar-refractivity contribution >= 4 is 17.5 Å². The molecule has 0 spiro atoms. The second-order valence-corrected chi connectivity index (χ2v) is 9.49. The van der Waals surface area contributed by atoms with E-state index in [0.717, 1.165) is 23.2 Å². The Hall–Kier alpha value is -4.38. The summed E-state index contributed by atoms with van der Waals surface area (Å²) >= 11 is 0. The molecule has 1 aliphatic heterocycles. The van der Waals surface area contributed by atoms with E-state index < -0.39 is 23.7 Å². The fourth-order valence-corrected chi connectivity index (χ4v) is 4.48. The lowest BCUT2D eigenvalue weighted by atomic mass is 10.0. The molecule has 2 amide bonds. The van der Waals surface area contributed by atoms with Gasteiger partial charge in [0.1, 0.15) is 24.2 Å².